The van der Waals surface area contributed by atoms with E-state index in [4.69, 9.17) is 27.9 Å². The van der Waals surface area contributed by atoms with Crippen LogP contribution in [0.15, 0.2) is 41.6 Å². The van der Waals surface area contributed by atoms with Gasteiger partial charge in [-0.15, -0.1) is 0 Å². The van der Waals surface area contributed by atoms with E-state index in [2.05, 4.69) is 9.97 Å². The zero-order valence-corrected chi connectivity index (χ0v) is 14.2. The number of benzene rings is 2. The van der Waals surface area contributed by atoms with E-state index < -0.39 is 0 Å². The molecule has 6 heteroatoms. The first-order valence-electron chi connectivity index (χ1n) is 6.85. The lowest BCUT2D eigenvalue weighted by atomic mass is 10.2. The number of H-pyrrole nitrogens is 1. The summed E-state index contributed by atoms with van der Waals surface area (Å²) in [5, 5.41) is 2.18. The molecule has 3 aromatic rings. The van der Waals surface area contributed by atoms with E-state index in [9.17, 15) is 0 Å². The number of hydrogen-bond donors (Lipinski definition) is 1. The molecule has 0 bridgehead atoms. The van der Waals surface area contributed by atoms with E-state index in [1.54, 1.807) is 11.8 Å². The van der Waals surface area contributed by atoms with Gasteiger partial charge in [0.25, 0.3) is 0 Å². The molecule has 0 spiro atoms. The summed E-state index contributed by atoms with van der Waals surface area (Å²) in [6.07, 6.45) is 0. The van der Waals surface area contributed by atoms with Gasteiger partial charge in [0.1, 0.15) is 5.75 Å². The van der Waals surface area contributed by atoms with Crippen LogP contribution >= 0.6 is 35.0 Å². The maximum absolute atomic E-state index is 6.19. The lowest BCUT2D eigenvalue weighted by Crippen LogP contribution is -1.90. The van der Waals surface area contributed by atoms with Crippen molar-refractivity contribution >= 4 is 46.0 Å². The van der Waals surface area contributed by atoms with Crippen molar-refractivity contribution in [2.75, 3.05) is 6.61 Å². The third-order valence-electron chi connectivity index (χ3n) is 3.16. The summed E-state index contributed by atoms with van der Waals surface area (Å²) in [6, 6.07) is 11.4. The van der Waals surface area contributed by atoms with Gasteiger partial charge in [0.05, 0.1) is 17.6 Å². The van der Waals surface area contributed by atoms with Crippen LogP contribution in [-0.4, -0.2) is 16.6 Å². The van der Waals surface area contributed by atoms with Crippen LogP contribution in [0.4, 0.5) is 0 Å². The second kappa shape index (κ2) is 6.82. The Balaban J connectivity index is 1.79. The molecule has 1 aromatic heterocycles. The number of nitrogens with zero attached hydrogens (tertiary/aromatic N) is 1. The van der Waals surface area contributed by atoms with E-state index in [1.807, 2.05) is 43.3 Å². The Morgan fingerprint density at radius 2 is 1.95 bits per heavy atom. The third-order valence-corrected chi connectivity index (χ3v) is 4.77. The second-order valence-corrected chi connectivity index (χ2v) is 6.42. The van der Waals surface area contributed by atoms with Gasteiger partial charge >= 0.3 is 0 Å². The molecule has 22 heavy (non-hydrogen) atoms. The standard InChI is InChI=1S/C16H14Cl2N2OS/c1-2-21-10-6-7-14-15(8-10)20-16(19-14)22-9-11-12(17)4-3-5-13(11)18/h3-8H,2,9H2,1H3,(H,19,20). The predicted molar refractivity (Wildman–Crippen MR) is 93.3 cm³/mol. The van der Waals surface area contributed by atoms with E-state index in [-0.39, 0.29) is 0 Å². The van der Waals surface area contributed by atoms with E-state index in [0.29, 0.717) is 22.4 Å². The fraction of sp³-hybridized carbons (Fsp3) is 0.188. The van der Waals surface area contributed by atoms with Crippen LogP contribution in [0.5, 0.6) is 5.75 Å². The van der Waals surface area contributed by atoms with Crippen molar-refractivity contribution in [1.82, 2.24) is 9.97 Å². The third kappa shape index (κ3) is 3.35. The fourth-order valence-corrected chi connectivity index (χ4v) is 3.73. The minimum Gasteiger partial charge on any atom is -0.494 e. The van der Waals surface area contributed by atoms with Gasteiger partial charge in [-0.2, -0.15) is 0 Å². The highest BCUT2D eigenvalue weighted by atomic mass is 35.5. The smallest absolute Gasteiger partial charge is 0.166 e. The van der Waals surface area contributed by atoms with Crippen LogP contribution in [0.25, 0.3) is 11.0 Å². The molecule has 0 aliphatic rings. The Morgan fingerprint density at radius 1 is 1.18 bits per heavy atom. The van der Waals surface area contributed by atoms with Gasteiger partial charge in [-0.05, 0) is 36.8 Å². The van der Waals surface area contributed by atoms with Crippen molar-refractivity contribution in [3.8, 4) is 5.75 Å². The number of halogens is 2. The Labute approximate surface area is 143 Å². The molecule has 114 valence electrons. The van der Waals surface area contributed by atoms with Gasteiger partial charge in [-0.25, -0.2) is 4.98 Å². The van der Waals surface area contributed by atoms with Crippen LogP contribution < -0.4 is 4.74 Å². The maximum atomic E-state index is 6.19. The monoisotopic (exact) mass is 352 g/mol. The van der Waals surface area contributed by atoms with Gasteiger partial charge in [0, 0.05) is 21.9 Å². The highest BCUT2D eigenvalue weighted by Gasteiger charge is 2.09. The zero-order chi connectivity index (χ0) is 15.5. The van der Waals surface area contributed by atoms with Crippen molar-refractivity contribution < 1.29 is 4.74 Å². The minimum absolute atomic E-state index is 0.645. The molecule has 0 unspecified atom stereocenters. The molecule has 0 saturated carbocycles. The molecule has 3 nitrogen and oxygen atoms in total. The Hall–Kier alpha value is -1.36. The molecule has 0 radical (unpaired) electrons. The number of imidazole rings is 1. The first kappa shape index (κ1) is 15.5. The summed E-state index contributed by atoms with van der Waals surface area (Å²) >= 11 is 13.9. The largest absolute Gasteiger partial charge is 0.494 e. The number of nitrogens with one attached hydrogen (secondary N) is 1. The first-order chi connectivity index (χ1) is 10.7. The lowest BCUT2D eigenvalue weighted by molar-refractivity contribution is 0.340. The Bertz CT molecular complexity index is 784. The molecule has 1 N–H and O–H groups in total. The molecule has 0 aliphatic heterocycles. The van der Waals surface area contributed by atoms with Gasteiger partial charge in [0.2, 0.25) is 0 Å². The molecule has 1 heterocycles. The molecule has 0 saturated heterocycles. The summed E-state index contributed by atoms with van der Waals surface area (Å²) in [5.74, 6) is 1.50. The van der Waals surface area contributed by atoms with Gasteiger partial charge in [-0.1, -0.05) is 41.0 Å². The number of aromatic nitrogens is 2. The number of ether oxygens (including phenoxy) is 1. The van der Waals surface area contributed by atoms with Crippen LogP contribution in [0.3, 0.4) is 0 Å². The molecule has 0 amide bonds. The molecule has 0 fully saturated rings. The molecular formula is C16H14Cl2N2OS. The van der Waals surface area contributed by atoms with Gasteiger partial charge in [-0.3, -0.25) is 0 Å². The second-order valence-electron chi connectivity index (χ2n) is 4.64. The number of thioether (sulfide) groups is 1. The average molecular weight is 353 g/mol. The van der Waals surface area contributed by atoms with Crippen molar-refractivity contribution in [2.45, 2.75) is 17.8 Å². The lowest BCUT2D eigenvalue weighted by Gasteiger charge is -2.04. The predicted octanol–water partition coefficient (Wildman–Crippen LogP) is 5.56. The van der Waals surface area contributed by atoms with Gasteiger partial charge in [0.15, 0.2) is 5.16 Å². The number of rotatable bonds is 5. The van der Waals surface area contributed by atoms with E-state index >= 15 is 0 Å². The fourth-order valence-electron chi connectivity index (χ4n) is 2.10. The SMILES string of the molecule is CCOc1ccc2nc(SCc3c(Cl)cccc3Cl)[nH]c2c1. The summed E-state index contributed by atoms with van der Waals surface area (Å²) in [6.45, 7) is 2.61. The highest BCUT2D eigenvalue weighted by molar-refractivity contribution is 7.98. The Kier molecular flexibility index (Phi) is 4.81. The van der Waals surface area contributed by atoms with Crippen molar-refractivity contribution in [1.29, 1.82) is 0 Å². The summed E-state index contributed by atoms with van der Waals surface area (Å²) in [5.41, 5.74) is 2.79. The van der Waals surface area contributed by atoms with E-state index in [0.717, 1.165) is 27.5 Å². The molecule has 0 aliphatic carbocycles. The van der Waals surface area contributed by atoms with E-state index in [1.165, 1.54) is 0 Å². The van der Waals surface area contributed by atoms with Crippen molar-refractivity contribution in [2.24, 2.45) is 0 Å². The van der Waals surface area contributed by atoms with Gasteiger partial charge < -0.3 is 9.72 Å². The molecule has 2 aromatic carbocycles. The summed E-state index contributed by atoms with van der Waals surface area (Å²) < 4.78 is 5.49. The van der Waals surface area contributed by atoms with Crippen LogP contribution in [0.1, 0.15) is 12.5 Å². The minimum atomic E-state index is 0.645. The highest BCUT2D eigenvalue weighted by Crippen LogP contribution is 2.31. The van der Waals surface area contributed by atoms with Crippen molar-refractivity contribution in [3.63, 3.8) is 0 Å². The van der Waals surface area contributed by atoms with Crippen LogP contribution in [0.2, 0.25) is 10.0 Å². The topological polar surface area (TPSA) is 37.9 Å². The first-order valence-corrected chi connectivity index (χ1v) is 8.60. The number of fused-ring (bicyclic) bond motifs is 1. The summed E-state index contributed by atoms with van der Waals surface area (Å²) in [7, 11) is 0. The zero-order valence-electron chi connectivity index (χ0n) is 11.9. The molecular weight excluding hydrogens is 339 g/mol. The van der Waals surface area contributed by atoms with Crippen LogP contribution in [0, 0.1) is 0 Å². The molecule has 0 atom stereocenters. The number of aromatic amines is 1. The number of hydrogen-bond acceptors (Lipinski definition) is 3. The normalized spacial score (nSPS) is 11.0. The summed E-state index contributed by atoms with van der Waals surface area (Å²) in [4.78, 5) is 7.84. The molecule has 3 rings (SSSR count). The van der Waals surface area contributed by atoms with Crippen molar-refractivity contribution in [3.05, 3.63) is 52.0 Å². The average Bonchev–Trinajstić information content (AvgIpc) is 2.89. The quantitative estimate of drug-likeness (QED) is 0.610. The van der Waals surface area contributed by atoms with Crippen LogP contribution in [-0.2, 0) is 5.75 Å². The Morgan fingerprint density at radius 3 is 2.68 bits per heavy atom. The maximum Gasteiger partial charge on any atom is 0.166 e.